The number of para-hydroxylation sites is 1. The standard InChI is InChI=1S/C26H27F2N3O2/c1-3-31(17-23(32)29-25-21(27)15-10-16-22(25)28)18-24(33)30(2)26(19-11-6-4-7-12-19)20-13-8-5-9-14-20/h4-16,26H,3,17-18H2,1-2H3,(H,29,32). The van der Waals surface area contributed by atoms with Gasteiger partial charge >= 0.3 is 0 Å². The number of hydrogen-bond acceptors (Lipinski definition) is 3. The molecule has 2 amide bonds. The predicted molar refractivity (Wildman–Crippen MR) is 125 cm³/mol. The molecule has 0 radical (unpaired) electrons. The Labute approximate surface area is 192 Å². The fraction of sp³-hybridized carbons (Fsp3) is 0.231. The molecule has 0 saturated carbocycles. The summed E-state index contributed by atoms with van der Waals surface area (Å²) in [4.78, 5) is 28.9. The van der Waals surface area contributed by atoms with Gasteiger partial charge in [-0.1, -0.05) is 73.7 Å². The van der Waals surface area contributed by atoms with Gasteiger partial charge in [-0.25, -0.2) is 8.78 Å². The van der Waals surface area contributed by atoms with E-state index in [0.29, 0.717) is 6.54 Å². The Bertz CT molecular complexity index is 1020. The van der Waals surface area contributed by atoms with Crippen LogP contribution in [0, 0.1) is 11.6 Å². The zero-order valence-corrected chi connectivity index (χ0v) is 18.7. The van der Waals surface area contributed by atoms with Crippen molar-refractivity contribution in [2.75, 3.05) is 32.0 Å². The minimum atomic E-state index is -0.851. The highest BCUT2D eigenvalue weighted by Gasteiger charge is 2.25. The number of nitrogens with one attached hydrogen (secondary N) is 1. The summed E-state index contributed by atoms with van der Waals surface area (Å²) < 4.78 is 27.7. The molecule has 0 unspecified atom stereocenters. The number of carbonyl (C=O) groups is 2. The molecule has 0 atom stereocenters. The summed E-state index contributed by atoms with van der Waals surface area (Å²) in [7, 11) is 1.73. The third-order valence-electron chi connectivity index (χ3n) is 5.41. The monoisotopic (exact) mass is 451 g/mol. The molecule has 3 aromatic rings. The Morgan fingerprint density at radius 1 is 0.818 bits per heavy atom. The van der Waals surface area contributed by atoms with E-state index in [9.17, 15) is 18.4 Å². The van der Waals surface area contributed by atoms with Crippen LogP contribution >= 0.6 is 0 Å². The fourth-order valence-corrected chi connectivity index (χ4v) is 3.64. The molecule has 3 rings (SSSR count). The number of likely N-dealkylation sites (N-methyl/N-ethyl adjacent to an activating group) is 2. The summed E-state index contributed by atoms with van der Waals surface area (Å²) in [6, 6.07) is 22.5. The van der Waals surface area contributed by atoms with Gasteiger partial charge in [0, 0.05) is 7.05 Å². The van der Waals surface area contributed by atoms with Gasteiger partial charge < -0.3 is 10.2 Å². The van der Waals surface area contributed by atoms with Crippen molar-refractivity contribution >= 4 is 17.5 Å². The average molecular weight is 452 g/mol. The minimum Gasteiger partial charge on any atom is -0.334 e. The molecule has 3 aromatic carbocycles. The highest BCUT2D eigenvalue weighted by atomic mass is 19.1. The third kappa shape index (κ3) is 6.23. The lowest BCUT2D eigenvalue weighted by Crippen LogP contribution is -2.43. The van der Waals surface area contributed by atoms with Crippen LogP contribution < -0.4 is 5.32 Å². The van der Waals surface area contributed by atoms with Gasteiger partial charge in [-0.2, -0.15) is 0 Å². The van der Waals surface area contributed by atoms with Gasteiger partial charge in [0.05, 0.1) is 19.1 Å². The molecular weight excluding hydrogens is 424 g/mol. The smallest absolute Gasteiger partial charge is 0.238 e. The van der Waals surface area contributed by atoms with E-state index in [1.54, 1.807) is 16.8 Å². The molecule has 0 aromatic heterocycles. The molecule has 172 valence electrons. The van der Waals surface area contributed by atoms with E-state index in [4.69, 9.17) is 0 Å². The van der Waals surface area contributed by atoms with Crippen LogP contribution in [0.5, 0.6) is 0 Å². The van der Waals surface area contributed by atoms with Crippen molar-refractivity contribution in [1.29, 1.82) is 0 Å². The summed E-state index contributed by atoms with van der Waals surface area (Å²) >= 11 is 0. The Balaban J connectivity index is 1.71. The van der Waals surface area contributed by atoms with Gasteiger partial charge in [0.2, 0.25) is 11.8 Å². The van der Waals surface area contributed by atoms with E-state index < -0.39 is 23.2 Å². The summed E-state index contributed by atoms with van der Waals surface area (Å²) in [5.41, 5.74) is 1.45. The molecule has 5 nitrogen and oxygen atoms in total. The van der Waals surface area contributed by atoms with Crippen molar-refractivity contribution < 1.29 is 18.4 Å². The van der Waals surface area contributed by atoms with Crippen LogP contribution in [-0.4, -0.2) is 48.3 Å². The molecule has 1 N–H and O–H groups in total. The first kappa shape index (κ1) is 24.1. The van der Waals surface area contributed by atoms with E-state index in [1.807, 2.05) is 67.6 Å². The number of hydrogen-bond donors (Lipinski definition) is 1. The Morgan fingerprint density at radius 3 is 1.82 bits per heavy atom. The van der Waals surface area contributed by atoms with Crippen molar-refractivity contribution in [1.82, 2.24) is 9.80 Å². The van der Waals surface area contributed by atoms with Gasteiger partial charge in [0.15, 0.2) is 0 Å². The SMILES string of the molecule is CCN(CC(=O)Nc1c(F)cccc1F)CC(=O)N(C)C(c1ccccc1)c1ccccc1. The van der Waals surface area contributed by atoms with Gasteiger partial charge in [-0.05, 0) is 29.8 Å². The summed E-state index contributed by atoms with van der Waals surface area (Å²) in [5.74, 6) is -2.48. The van der Waals surface area contributed by atoms with E-state index in [-0.39, 0.29) is 25.0 Å². The zero-order chi connectivity index (χ0) is 23.8. The number of amides is 2. The number of carbonyl (C=O) groups excluding carboxylic acids is 2. The number of halogens is 2. The first-order valence-corrected chi connectivity index (χ1v) is 10.7. The van der Waals surface area contributed by atoms with Crippen LogP contribution in [0.3, 0.4) is 0 Å². The van der Waals surface area contributed by atoms with E-state index in [1.165, 1.54) is 6.07 Å². The number of nitrogens with zero attached hydrogens (tertiary/aromatic N) is 2. The van der Waals surface area contributed by atoms with Crippen molar-refractivity contribution in [3.8, 4) is 0 Å². The number of benzene rings is 3. The molecule has 0 aliphatic carbocycles. The molecule has 0 aliphatic heterocycles. The molecule has 0 heterocycles. The number of rotatable bonds is 9. The maximum atomic E-state index is 13.8. The maximum absolute atomic E-state index is 13.8. The first-order valence-electron chi connectivity index (χ1n) is 10.7. The van der Waals surface area contributed by atoms with E-state index in [2.05, 4.69) is 5.32 Å². The predicted octanol–water partition coefficient (Wildman–Crippen LogP) is 4.47. The molecule has 7 heteroatoms. The van der Waals surface area contributed by atoms with Crippen molar-refractivity contribution in [3.05, 3.63) is 102 Å². The Morgan fingerprint density at radius 2 is 1.33 bits per heavy atom. The number of anilines is 1. The highest BCUT2D eigenvalue weighted by Crippen LogP contribution is 2.27. The zero-order valence-electron chi connectivity index (χ0n) is 18.7. The van der Waals surface area contributed by atoms with Crippen LogP contribution in [0.4, 0.5) is 14.5 Å². The molecule has 33 heavy (non-hydrogen) atoms. The van der Waals surface area contributed by atoms with Crippen molar-refractivity contribution in [2.24, 2.45) is 0 Å². The fourth-order valence-electron chi connectivity index (χ4n) is 3.64. The lowest BCUT2D eigenvalue weighted by Gasteiger charge is -2.31. The largest absolute Gasteiger partial charge is 0.334 e. The molecular formula is C26H27F2N3O2. The van der Waals surface area contributed by atoms with Crippen LogP contribution in [0.1, 0.15) is 24.1 Å². The lowest BCUT2D eigenvalue weighted by molar-refractivity contribution is -0.133. The van der Waals surface area contributed by atoms with Crippen molar-refractivity contribution in [3.63, 3.8) is 0 Å². The van der Waals surface area contributed by atoms with Crippen LogP contribution in [0.25, 0.3) is 0 Å². The summed E-state index contributed by atoms with van der Waals surface area (Å²) in [6.45, 7) is 2.03. The minimum absolute atomic E-state index is 0.0175. The van der Waals surface area contributed by atoms with Gasteiger partial charge in [-0.15, -0.1) is 0 Å². The van der Waals surface area contributed by atoms with E-state index in [0.717, 1.165) is 23.3 Å². The molecule has 0 fully saturated rings. The molecule has 0 bridgehead atoms. The van der Waals surface area contributed by atoms with Gasteiger partial charge in [-0.3, -0.25) is 14.5 Å². The quantitative estimate of drug-likeness (QED) is 0.522. The Kier molecular flexibility index (Phi) is 8.27. The summed E-state index contributed by atoms with van der Waals surface area (Å²) in [5, 5.41) is 2.26. The second-order valence-electron chi connectivity index (χ2n) is 7.68. The normalized spacial score (nSPS) is 11.0. The third-order valence-corrected chi connectivity index (χ3v) is 5.41. The maximum Gasteiger partial charge on any atom is 0.238 e. The van der Waals surface area contributed by atoms with Crippen LogP contribution in [0.2, 0.25) is 0 Å². The molecule has 0 saturated heterocycles. The highest BCUT2D eigenvalue weighted by molar-refractivity contribution is 5.93. The molecule has 0 aliphatic rings. The first-order chi connectivity index (χ1) is 15.9. The average Bonchev–Trinajstić information content (AvgIpc) is 2.82. The summed E-state index contributed by atoms with van der Waals surface area (Å²) in [6.07, 6.45) is 0. The second kappa shape index (κ2) is 11.3. The van der Waals surface area contributed by atoms with Gasteiger partial charge in [0.1, 0.15) is 17.3 Å². The Hall–Kier alpha value is -3.58. The van der Waals surface area contributed by atoms with Crippen molar-refractivity contribution in [2.45, 2.75) is 13.0 Å². The topological polar surface area (TPSA) is 52.7 Å². The van der Waals surface area contributed by atoms with Crippen LogP contribution in [-0.2, 0) is 9.59 Å². The molecule has 0 spiro atoms. The van der Waals surface area contributed by atoms with Crippen LogP contribution in [0.15, 0.2) is 78.9 Å². The van der Waals surface area contributed by atoms with E-state index >= 15 is 0 Å². The lowest BCUT2D eigenvalue weighted by atomic mass is 9.97. The second-order valence-corrected chi connectivity index (χ2v) is 7.68. The van der Waals surface area contributed by atoms with Gasteiger partial charge in [0.25, 0.3) is 0 Å².